The fraction of sp³-hybridized carbons (Fsp3) is 0.0714. The minimum absolute atomic E-state index is 0.0405. The van der Waals surface area contributed by atoms with Crippen molar-refractivity contribution < 1.29 is 20.2 Å². The van der Waals surface area contributed by atoms with Crippen LogP contribution in [0.1, 0.15) is 5.56 Å². The Kier molecular flexibility index (Phi) is 5.32. The standard InChI is InChI=1S/C7H2ClNO5S.C7H9N/c8-2-1-3-6(15-7(11)14-3)4(5(2)10)9(12)13;8-6-7-4-2-1-3-5-7/h1,10H;1-5H,6,8H2. The van der Waals surface area contributed by atoms with Crippen molar-refractivity contribution in [1.29, 1.82) is 0 Å². The highest BCUT2D eigenvalue weighted by atomic mass is 35.5. The van der Waals surface area contributed by atoms with E-state index >= 15 is 0 Å². The van der Waals surface area contributed by atoms with Crippen LogP contribution in [0.5, 0.6) is 5.75 Å². The van der Waals surface area contributed by atoms with Gasteiger partial charge >= 0.3 is 4.94 Å². The first-order valence-electron chi connectivity index (χ1n) is 6.34. The summed E-state index contributed by atoms with van der Waals surface area (Å²) in [4.78, 5) is 19.9. The van der Waals surface area contributed by atoms with Gasteiger partial charge in [0.15, 0.2) is 10.3 Å². The van der Waals surface area contributed by atoms with E-state index in [1.165, 1.54) is 5.56 Å². The maximum atomic E-state index is 11.3. The largest absolute Gasteiger partial charge is 0.867 e. The predicted octanol–water partition coefficient (Wildman–Crippen LogP) is 1.92. The van der Waals surface area contributed by atoms with Crippen molar-refractivity contribution in [2.24, 2.45) is 0 Å². The molecule has 2 aromatic carbocycles. The lowest BCUT2D eigenvalue weighted by Gasteiger charge is -2.07. The van der Waals surface area contributed by atoms with E-state index in [9.17, 15) is 20.0 Å². The van der Waals surface area contributed by atoms with Gasteiger partial charge < -0.3 is 15.3 Å². The van der Waals surface area contributed by atoms with Crippen LogP contribution in [0.2, 0.25) is 5.02 Å². The summed E-state index contributed by atoms with van der Waals surface area (Å²) < 4.78 is 4.55. The van der Waals surface area contributed by atoms with Gasteiger partial charge in [-0.1, -0.05) is 41.9 Å². The van der Waals surface area contributed by atoms with Crippen LogP contribution in [0, 0.1) is 10.1 Å². The molecule has 0 bridgehead atoms. The summed E-state index contributed by atoms with van der Waals surface area (Å²) in [6, 6.07) is 11.3. The first kappa shape index (κ1) is 16.9. The molecule has 0 unspecified atom stereocenters. The van der Waals surface area contributed by atoms with Crippen molar-refractivity contribution in [2.45, 2.75) is 6.54 Å². The van der Waals surface area contributed by atoms with Gasteiger partial charge in [-0.05, 0) is 17.1 Å². The van der Waals surface area contributed by atoms with Crippen molar-refractivity contribution in [3.05, 3.63) is 66.8 Å². The molecular weight excluding hydrogens is 344 g/mol. The van der Waals surface area contributed by atoms with E-state index in [0.717, 1.165) is 12.6 Å². The van der Waals surface area contributed by atoms with Gasteiger partial charge in [0.1, 0.15) is 0 Å². The molecular formula is C14H11ClN2O5S. The molecule has 23 heavy (non-hydrogen) atoms. The van der Waals surface area contributed by atoms with Gasteiger partial charge in [0.2, 0.25) is 0 Å². The monoisotopic (exact) mass is 354 g/mol. The molecule has 0 saturated heterocycles. The maximum absolute atomic E-state index is 11.3. The number of halogens is 1. The molecule has 0 spiro atoms. The molecule has 9 heteroatoms. The first-order valence-corrected chi connectivity index (χ1v) is 7.54. The van der Waals surface area contributed by atoms with Gasteiger partial charge in [-0.2, -0.15) is 0 Å². The van der Waals surface area contributed by atoms with Crippen LogP contribution in [0.4, 0.5) is 5.69 Å². The van der Waals surface area contributed by atoms with Gasteiger partial charge in [0, 0.05) is 16.7 Å². The van der Waals surface area contributed by atoms with E-state index in [1.807, 2.05) is 18.2 Å². The van der Waals surface area contributed by atoms with E-state index in [-0.39, 0.29) is 15.3 Å². The van der Waals surface area contributed by atoms with Crippen molar-refractivity contribution in [2.75, 3.05) is 0 Å². The summed E-state index contributed by atoms with van der Waals surface area (Å²) in [5.74, 6) is -0.911. The number of nitro groups is 1. The summed E-state index contributed by atoms with van der Waals surface area (Å²) in [6.45, 7) is 0.890. The van der Waals surface area contributed by atoms with Crippen molar-refractivity contribution in [3.63, 3.8) is 0 Å². The Labute approximate surface area is 138 Å². The van der Waals surface area contributed by atoms with E-state index in [2.05, 4.69) is 22.3 Å². The Morgan fingerprint density at radius 1 is 1.30 bits per heavy atom. The van der Waals surface area contributed by atoms with Gasteiger partial charge in [0.05, 0.1) is 11.5 Å². The number of nitro benzene ring substituents is 1. The van der Waals surface area contributed by atoms with E-state index in [4.69, 9.17) is 11.6 Å². The Morgan fingerprint density at radius 3 is 2.48 bits per heavy atom. The molecule has 0 fully saturated rings. The quantitative estimate of drug-likeness (QED) is 0.556. The zero-order valence-corrected chi connectivity index (χ0v) is 13.2. The molecule has 0 atom stereocenters. The molecule has 0 saturated carbocycles. The third-order valence-electron chi connectivity index (χ3n) is 2.82. The molecule has 0 aliphatic carbocycles. The van der Waals surface area contributed by atoms with E-state index < -0.39 is 21.3 Å². The lowest BCUT2D eigenvalue weighted by Crippen LogP contribution is -2.47. The van der Waals surface area contributed by atoms with Gasteiger partial charge in [0.25, 0.3) is 5.69 Å². The number of fused-ring (bicyclic) bond motifs is 1. The number of benzene rings is 2. The van der Waals surface area contributed by atoms with Gasteiger partial charge in [-0.15, -0.1) is 0 Å². The fourth-order valence-corrected chi connectivity index (χ4v) is 2.71. The molecule has 0 aliphatic rings. The molecule has 0 amide bonds. The fourth-order valence-electron chi connectivity index (χ4n) is 1.76. The molecule has 7 nitrogen and oxygen atoms in total. The lowest BCUT2D eigenvalue weighted by atomic mass is 10.2. The highest BCUT2D eigenvalue weighted by molar-refractivity contribution is 7.16. The normalized spacial score (nSPS) is 10.2. The molecule has 3 N–H and O–H groups in total. The summed E-state index contributed by atoms with van der Waals surface area (Å²) >= 11 is 5.98. The second-order valence-electron chi connectivity index (χ2n) is 4.31. The van der Waals surface area contributed by atoms with Crippen LogP contribution in [0.25, 0.3) is 10.3 Å². The third kappa shape index (κ3) is 3.86. The Morgan fingerprint density at radius 2 is 1.96 bits per heavy atom. The van der Waals surface area contributed by atoms with Crippen LogP contribution in [-0.4, -0.2) is 4.92 Å². The lowest BCUT2D eigenvalue weighted by molar-refractivity contribution is -0.396. The zero-order valence-electron chi connectivity index (χ0n) is 11.7. The maximum Gasteiger partial charge on any atom is 0.396 e. The average Bonchev–Trinajstić information content (AvgIpc) is 2.88. The molecule has 120 valence electrons. The number of nitrogens with zero attached hydrogens (tertiary/aromatic N) is 1. The first-order chi connectivity index (χ1) is 10.9. The third-order valence-corrected chi connectivity index (χ3v) is 3.95. The summed E-state index contributed by atoms with van der Waals surface area (Å²) in [6.07, 6.45) is 0. The number of rotatable bonds is 2. The van der Waals surface area contributed by atoms with Crippen LogP contribution >= 0.6 is 22.9 Å². The molecule has 0 radical (unpaired) electrons. The van der Waals surface area contributed by atoms with Crippen molar-refractivity contribution in [3.8, 4) is 5.75 Å². The zero-order chi connectivity index (χ0) is 17.0. The molecule has 0 aliphatic heterocycles. The van der Waals surface area contributed by atoms with E-state index in [0.29, 0.717) is 11.3 Å². The summed E-state index contributed by atoms with van der Waals surface area (Å²) in [5, 5.41) is 21.6. The van der Waals surface area contributed by atoms with Crippen LogP contribution in [0.15, 0.2) is 45.6 Å². The summed E-state index contributed by atoms with van der Waals surface area (Å²) in [5.41, 5.74) is 4.30. The Balaban J connectivity index is 0.000000203. The summed E-state index contributed by atoms with van der Waals surface area (Å²) in [7, 11) is 0. The number of quaternary nitrogens is 1. The van der Waals surface area contributed by atoms with Crippen LogP contribution < -0.4 is 15.8 Å². The second-order valence-corrected chi connectivity index (χ2v) is 5.66. The van der Waals surface area contributed by atoms with E-state index in [1.54, 1.807) is 0 Å². The minimum atomic E-state index is -0.911. The van der Waals surface area contributed by atoms with Crippen molar-refractivity contribution in [1.82, 2.24) is 0 Å². The molecule has 1 heterocycles. The smallest absolute Gasteiger partial charge is 0.396 e. The number of hydrogen-bond donors (Lipinski definition) is 1. The Hall–Kier alpha value is -2.42. The SMILES string of the molecule is O=c1oc2cc(Cl)c([O-])c([N+](=O)[O-])c2s1.[NH3+]Cc1ccccc1. The average molecular weight is 355 g/mol. The highest BCUT2D eigenvalue weighted by Crippen LogP contribution is 2.39. The van der Waals surface area contributed by atoms with Crippen LogP contribution in [-0.2, 0) is 6.54 Å². The molecule has 3 rings (SSSR count). The molecule has 3 aromatic rings. The second kappa shape index (κ2) is 7.23. The van der Waals surface area contributed by atoms with Crippen LogP contribution in [0.3, 0.4) is 0 Å². The topological polar surface area (TPSA) is 124 Å². The van der Waals surface area contributed by atoms with Crippen molar-refractivity contribution >= 4 is 38.9 Å². The minimum Gasteiger partial charge on any atom is -0.867 e. The van der Waals surface area contributed by atoms with Gasteiger partial charge in [-0.25, -0.2) is 4.79 Å². The highest BCUT2D eigenvalue weighted by Gasteiger charge is 2.20. The van der Waals surface area contributed by atoms with Gasteiger partial charge in [-0.3, -0.25) is 10.1 Å². The predicted molar refractivity (Wildman–Crippen MR) is 84.5 cm³/mol. The number of hydrogen-bond acceptors (Lipinski definition) is 6. The molecule has 1 aromatic heterocycles. The Bertz CT molecular complexity index is 891.